The van der Waals surface area contributed by atoms with Gasteiger partial charge in [0.25, 0.3) is 0 Å². The number of hydrogen-bond donors (Lipinski definition) is 1. The van der Waals surface area contributed by atoms with Crippen LogP contribution < -0.4 is 20.8 Å². The second kappa shape index (κ2) is 7.74. The van der Waals surface area contributed by atoms with Gasteiger partial charge in [-0.1, -0.05) is 0 Å². The lowest BCUT2D eigenvalue weighted by molar-refractivity contribution is 0.0693. The second-order valence-corrected chi connectivity index (χ2v) is 6.46. The molecule has 2 aromatic rings. The summed E-state index contributed by atoms with van der Waals surface area (Å²) in [6.07, 6.45) is 1.80. The summed E-state index contributed by atoms with van der Waals surface area (Å²) < 4.78 is 50.5. The summed E-state index contributed by atoms with van der Waals surface area (Å²) in [4.78, 5) is 26.3. The van der Waals surface area contributed by atoms with E-state index in [0.29, 0.717) is 19.5 Å². The second-order valence-electron chi connectivity index (χ2n) is 6.46. The van der Waals surface area contributed by atoms with Crippen LogP contribution in [0.25, 0.3) is 10.9 Å². The average molecular weight is 397 g/mol. The van der Waals surface area contributed by atoms with Crippen molar-refractivity contribution < 1.29 is 27.2 Å². The van der Waals surface area contributed by atoms with Gasteiger partial charge in [0.1, 0.15) is 11.3 Å². The third-order valence-electron chi connectivity index (χ3n) is 4.75. The standard InChI is InChI=1S/C17H19BF3N3O4/c1-3-23-8-11(17(26)28-18(20)21)15(25)10-6-12(19)14(16(27-2)13(10)23)24-5-4-9(22)7-24/h6,8-9H,3-5,7,22H2,1-2H3. The monoisotopic (exact) mass is 397 g/mol. The van der Waals surface area contributed by atoms with Gasteiger partial charge in [-0.05, 0) is 19.4 Å². The van der Waals surface area contributed by atoms with Crippen LogP contribution in [0.4, 0.5) is 18.7 Å². The molecule has 3 rings (SSSR count). The topological polar surface area (TPSA) is 86.8 Å². The minimum Gasteiger partial charge on any atom is -0.492 e. The molecular formula is C17H19BF3N3O4. The molecule has 0 bridgehead atoms. The molecule has 1 saturated heterocycles. The Labute approximate surface area is 159 Å². The van der Waals surface area contributed by atoms with Crippen LogP contribution in [-0.2, 0) is 11.2 Å². The highest BCUT2D eigenvalue weighted by Crippen LogP contribution is 2.39. The van der Waals surface area contributed by atoms with Crippen LogP contribution in [0, 0.1) is 5.82 Å². The summed E-state index contributed by atoms with van der Waals surface area (Å²) in [5.41, 5.74) is 4.84. The number of benzene rings is 1. The molecular weight excluding hydrogens is 378 g/mol. The van der Waals surface area contributed by atoms with Crippen molar-refractivity contribution in [2.45, 2.75) is 25.9 Å². The van der Waals surface area contributed by atoms with Gasteiger partial charge in [-0.15, -0.1) is 0 Å². The van der Waals surface area contributed by atoms with Crippen molar-refractivity contribution >= 4 is 30.0 Å². The minimum absolute atomic E-state index is 0.111. The molecule has 0 spiro atoms. The molecule has 1 atom stereocenters. The van der Waals surface area contributed by atoms with Gasteiger partial charge in [-0.25, -0.2) is 17.8 Å². The van der Waals surface area contributed by atoms with Crippen LogP contribution in [0.15, 0.2) is 17.1 Å². The molecule has 11 heteroatoms. The van der Waals surface area contributed by atoms with E-state index in [1.165, 1.54) is 11.7 Å². The first-order valence-corrected chi connectivity index (χ1v) is 8.71. The highest BCUT2D eigenvalue weighted by atomic mass is 19.2. The number of carbonyl (C=O) groups excluding carboxylic acids is 1. The Morgan fingerprint density at radius 3 is 2.68 bits per heavy atom. The number of fused-ring (bicyclic) bond motifs is 1. The van der Waals surface area contributed by atoms with Crippen molar-refractivity contribution in [1.82, 2.24) is 4.57 Å². The Balaban J connectivity index is 2.29. The largest absolute Gasteiger partial charge is 0.798 e. The number of hydrogen-bond acceptors (Lipinski definition) is 6. The number of nitrogens with two attached hydrogens (primary N) is 1. The molecule has 2 N–H and O–H groups in total. The normalized spacial score (nSPS) is 16.5. The van der Waals surface area contributed by atoms with E-state index in [4.69, 9.17) is 10.5 Å². The van der Waals surface area contributed by atoms with Crippen LogP contribution in [0.5, 0.6) is 5.75 Å². The predicted octanol–water partition coefficient (Wildman–Crippen LogP) is 1.79. The van der Waals surface area contributed by atoms with E-state index in [0.717, 1.165) is 12.3 Å². The summed E-state index contributed by atoms with van der Waals surface area (Å²) in [5, 5.41) is -0.160. The van der Waals surface area contributed by atoms with E-state index in [2.05, 4.69) is 4.65 Å². The van der Waals surface area contributed by atoms with Crippen LogP contribution in [0.3, 0.4) is 0 Å². The first-order valence-electron chi connectivity index (χ1n) is 8.71. The number of halogens is 3. The van der Waals surface area contributed by atoms with E-state index in [1.807, 2.05) is 0 Å². The molecule has 1 aliphatic rings. The SMILES string of the molecule is CCn1cc(C(=O)OB(F)F)c(=O)c2cc(F)c(N3CCC(N)C3)c(OC)c21. The summed E-state index contributed by atoms with van der Waals surface area (Å²) in [6, 6.07) is 0.879. The Kier molecular flexibility index (Phi) is 5.55. The average Bonchev–Trinajstić information content (AvgIpc) is 3.06. The van der Waals surface area contributed by atoms with Gasteiger partial charge in [0, 0.05) is 31.9 Å². The molecule has 0 radical (unpaired) electrons. The van der Waals surface area contributed by atoms with E-state index in [9.17, 15) is 22.6 Å². The molecule has 1 aromatic carbocycles. The summed E-state index contributed by atoms with van der Waals surface area (Å²) in [7, 11) is -2.03. The third-order valence-corrected chi connectivity index (χ3v) is 4.75. The van der Waals surface area contributed by atoms with Crippen molar-refractivity contribution in [2.75, 3.05) is 25.1 Å². The maximum absolute atomic E-state index is 15.0. The molecule has 0 saturated carbocycles. The van der Waals surface area contributed by atoms with Crippen molar-refractivity contribution in [3.05, 3.63) is 33.9 Å². The number of pyridine rings is 1. The van der Waals surface area contributed by atoms with Crippen LogP contribution in [-0.4, -0.2) is 44.2 Å². The number of carbonyl (C=O) groups is 1. The van der Waals surface area contributed by atoms with E-state index in [1.54, 1.807) is 11.8 Å². The molecule has 1 fully saturated rings. The Bertz CT molecular complexity index is 982. The van der Waals surface area contributed by atoms with Gasteiger partial charge in [0.2, 0.25) is 5.43 Å². The van der Waals surface area contributed by atoms with Crippen molar-refractivity contribution in [3.63, 3.8) is 0 Å². The Hall–Kier alpha value is -2.69. The lowest BCUT2D eigenvalue weighted by atomic mass is 10.1. The van der Waals surface area contributed by atoms with Gasteiger partial charge < -0.3 is 24.6 Å². The number of aromatic nitrogens is 1. The molecule has 0 aliphatic carbocycles. The molecule has 7 nitrogen and oxygen atoms in total. The maximum Gasteiger partial charge on any atom is 0.798 e. The van der Waals surface area contributed by atoms with Gasteiger partial charge in [-0.3, -0.25) is 4.79 Å². The molecule has 150 valence electrons. The highest BCUT2D eigenvalue weighted by molar-refractivity contribution is 6.38. The fraction of sp³-hybridized carbons (Fsp3) is 0.412. The number of nitrogens with zero attached hydrogens (tertiary/aromatic N) is 2. The third kappa shape index (κ3) is 3.41. The fourth-order valence-corrected chi connectivity index (χ4v) is 3.51. The molecule has 0 amide bonds. The molecule has 2 heterocycles. The molecule has 1 unspecified atom stereocenters. The van der Waals surface area contributed by atoms with Crippen molar-refractivity contribution in [2.24, 2.45) is 5.73 Å². The quantitative estimate of drug-likeness (QED) is 0.775. The summed E-state index contributed by atoms with van der Waals surface area (Å²) >= 11 is 0. The lowest BCUT2D eigenvalue weighted by Gasteiger charge is -2.24. The molecule has 28 heavy (non-hydrogen) atoms. The first-order chi connectivity index (χ1) is 13.3. The summed E-state index contributed by atoms with van der Waals surface area (Å²) in [5.74, 6) is -2.08. The number of anilines is 1. The van der Waals surface area contributed by atoms with Gasteiger partial charge in [0.15, 0.2) is 11.6 Å². The molecule has 1 aromatic heterocycles. The fourth-order valence-electron chi connectivity index (χ4n) is 3.51. The Morgan fingerprint density at radius 1 is 1.43 bits per heavy atom. The number of aryl methyl sites for hydroxylation is 1. The predicted molar refractivity (Wildman–Crippen MR) is 98.6 cm³/mol. The smallest absolute Gasteiger partial charge is 0.492 e. The van der Waals surface area contributed by atoms with E-state index >= 15 is 0 Å². The number of ether oxygens (including phenoxy) is 1. The van der Waals surface area contributed by atoms with Crippen molar-refractivity contribution in [3.8, 4) is 5.75 Å². The van der Waals surface area contributed by atoms with Crippen LogP contribution >= 0.6 is 0 Å². The zero-order valence-corrected chi connectivity index (χ0v) is 15.4. The minimum atomic E-state index is -3.37. The molecule has 1 aliphatic heterocycles. The Morgan fingerprint density at radius 2 is 2.14 bits per heavy atom. The van der Waals surface area contributed by atoms with Gasteiger partial charge in [0.05, 0.1) is 18.0 Å². The van der Waals surface area contributed by atoms with E-state index in [-0.39, 0.29) is 34.9 Å². The van der Waals surface area contributed by atoms with Gasteiger partial charge >= 0.3 is 13.4 Å². The number of methoxy groups -OCH3 is 1. The zero-order valence-electron chi connectivity index (χ0n) is 15.4. The van der Waals surface area contributed by atoms with Gasteiger partial charge in [-0.2, -0.15) is 0 Å². The van der Waals surface area contributed by atoms with E-state index < -0.39 is 30.2 Å². The van der Waals surface area contributed by atoms with Crippen molar-refractivity contribution in [1.29, 1.82) is 0 Å². The van der Waals surface area contributed by atoms with Crippen LogP contribution in [0.2, 0.25) is 0 Å². The lowest BCUT2D eigenvalue weighted by Crippen LogP contribution is -2.28. The summed E-state index contributed by atoms with van der Waals surface area (Å²) in [6.45, 7) is 2.94. The maximum atomic E-state index is 15.0. The highest BCUT2D eigenvalue weighted by Gasteiger charge is 2.30. The van der Waals surface area contributed by atoms with Crippen LogP contribution in [0.1, 0.15) is 23.7 Å². The first kappa shape index (κ1) is 20.1. The zero-order chi connectivity index (χ0) is 20.6. The number of rotatable bonds is 5.